The summed E-state index contributed by atoms with van der Waals surface area (Å²) in [6.07, 6.45) is 0.447. The van der Waals surface area contributed by atoms with Crippen LogP contribution in [0, 0.1) is 5.92 Å². The fourth-order valence-corrected chi connectivity index (χ4v) is 3.05. The van der Waals surface area contributed by atoms with Gasteiger partial charge in [-0.2, -0.15) is 0 Å². The zero-order valence-corrected chi connectivity index (χ0v) is 16.2. The third kappa shape index (κ3) is 4.67. The highest BCUT2D eigenvalue weighted by Gasteiger charge is 2.28. The molecule has 0 radical (unpaired) electrons. The zero-order valence-electron chi connectivity index (χ0n) is 15.5. The molecule has 7 nitrogen and oxygen atoms in total. The Kier molecular flexibility index (Phi) is 6.26. The number of nitrogens with one attached hydrogen (secondary N) is 1. The van der Waals surface area contributed by atoms with Crippen LogP contribution >= 0.6 is 11.6 Å². The molecule has 2 aromatic carbocycles. The molecule has 0 saturated heterocycles. The topological polar surface area (TPSA) is 83.1 Å². The van der Waals surface area contributed by atoms with Crippen molar-refractivity contribution in [3.63, 3.8) is 0 Å². The number of carbonyl (C=O) groups is 2. The van der Waals surface area contributed by atoms with Crippen molar-refractivity contribution in [2.45, 2.75) is 6.42 Å². The summed E-state index contributed by atoms with van der Waals surface area (Å²) in [5.41, 5.74) is 1.29. The lowest BCUT2D eigenvalue weighted by molar-refractivity contribution is -0.152. The average molecular weight is 406 g/mol. The average Bonchev–Trinajstić information content (AvgIpc) is 2.71. The Bertz CT molecular complexity index is 885. The molecule has 8 heteroatoms. The van der Waals surface area contributed by atoms with Gasteiger partial charge in [-0.1, -0.05) is 11.6 Å². The van der Waals surface area contributed by atoms with Crippen molar-refractivity contribution in [2.75, 3.05) is 32.8 Å². The summed E-state index contributed by atoms with van der Waals surface area (Å²) in [6.45, 7) is -0.214. The summed E-state index contributed by atoms with van der Waals surface area (Å²) in [5.74, 6) is 0.277. The lowest BCUT2D eigenvalue weighted by Crippen LogP contribution is -2.32. The smallest absolute Gasteiger partial charge is 0.313 e. The lowest BCUT2D eigenvalue weighted by Gasteiger charge is -2.24. The number of ether oxygens (including phenoxy) is 4. The fourth-order valence-electron chi connectivity index (χ4n) is 2.86. The monoisotopic (exact) mass is 405 g/mol. The molecule has 0 saturated carbocycles. The van der Waals surface area contributed by atoms with Gasteiger partial charge in [0.15, 0.2) is 6.61 Å². The number of rotatable bonds is 6. The van der Waals surface area contributed by atoms with E-state index >= 15 is 0 Å². The van der Waals surface area contributed by atoms with Gasteiger partial charge < -0.3 is 24.3 Å². The number of hydrogen-bond donors (Lipinski definition) is 1. The van der Waals surface area contributed by atoms with E-state index in [0.717, 1.165) is 5.56 Å². The largest absolute Gasteiger partial charge is 0.497 e. The van der Waals surface area contributed by atoms with E-state index in [1.807, 2.05) is 0 Å². The Hall–Kier alpha value is -2.93. The van der Waals surface area contributed by atoms with Gasteiger partial charge in [-0.15, -0.1) is 0 Å². The summed E-state index contributed by atoms with van der Waals surface area (Å²) >= 11 is 5.98. The van der Waals surface area contributed by atoms with E-state index in [1.165, 1.54) is 14.2 Å². The maximum absolute atomic E-state index is 12.3. The van der Waals surface area contributed by atoms with Crippen LogP contribution in [0.25, 0.3) is 0 Å². The Balaban J connectivity index is 1.54. The minimum atomic E-state index is -0.498. The summed E-state index contributed by atoms with van der Waals surface area (Å²) in [4.78, 5) is 24.4. The molecule has 3 rings (SSSR count). The first-order valence-corrected chi connectivity index (χ1v) is 8.97. The zero-order chi connectivity index (χ0) is 20.1. The van der Waals surface area contributed by atoms with Gasteiger partial charge >= 0.3 is 5.97 Å². The Labute approximate surface area is 167 Å². The van der Waals surface area contributed by atoms with Gasteiger partial charge in [0, 0.05) is 11.1 Å². The van der Waals surface area contributed by atoms with Crippen LogP contribution in [-0.4, -0.2) is 39.3 Å². The number of anilines is 1. The van der Waals surface area contributed by atoms with Crippen molar-refractivity contribution in [2.24, 2.45) is 5.92 Å². The summed E-state index contributed by atoms with van der Waals surface area (Å²) in [7, 11) is 3.02. The molecule has 1 aliphatic rings. The van der Waals surface area contributed by atoms with E-state index in [2.05, 4.69) is 5.32 Å². The van der Waals surface area contributed by atoms with Crippen molar-refractivity contribution < 1.29 is 28.5 Å². The van der Waals surface area contributed by atoms with Gasteiger partial charge in [0.1, 0.15) is 23.9 Å². The molecule has 1 heterocycles. The Morgan fingerprint density at radius 1 is 1.18 bits per heavy atom. The fraction of sp³-hybridized carbons (Fsp3) is 0.300. The minimum absolute atomic E-state index is 0.196. The predicted molar refractivity (Wildman–Crippen MR) is 103 cm³/mol. The second kappa shape index (κ2) is 8.84. The third-order valence-corrected chi connectivity index (χ3v) is 4.53. The van der Waals surface area contributed by atoms with E-state index in [1.54, 1.807) is 36.4 Å². The van der Waals surface area contributed by atoms with Crippen LogP contribution in [0.5, 0.6) is 17.2 Å². The molecule has 1 N–H and O–H groups in total. The molecule has 0 aromatic heterocycles. The van der Waals surface area contributed by atoms with Gasteiger partial charge in [-0.3, -0.25) is 9.59 Å². The predicted octanol–water partition coefficient (Wildman–Crippen LogP) is 3.09. The number of hydrogen-bond acceptors (Lipinski definition) is 6. The number of benzene rings is 2. The highest BCUT2D eigenvalue weighted by molar-refractivity contribution is 6.30. The van der Waals surface area contributed by atoms with Gasteiger partial charge in [0.05, 0.1) is 25.8 Å². The summed E-state index contributed by atoms with van der Waals surface area (Å²) < 4.78 is 21.1. The molecule has 1 amide bonds. The number of fused-ring (bicyclic) bond motifs is 1. The lowest BCUT2D eigenvalue weighted by atomic mass is 9.97. The molecule has 0 fully saturated rings. The molecule has 148 valence electrons. The number of carbonyl (C=O) groups excluding carboxylic acids is 2. The maximum atomic E-state index is 12.3. The first-order chi connectivity index (χ1) is 13.5. The SMILES string of the molecule is COc1ccc(NC(=O)COC(=O)C2COc3ccc(Cl)cc3C2)c(OC)c1. The van der Waals surface area contributed by atoms with Crippen molar-refractivity contribution >= 4 is 29.2 Å². The summed E-state index contributed by atoms with van der Waals surface area (Å²) in [6, 6.07) is 10.2. The number of amides is 1. The van der Waals surface area contributed by atoms with E-state index in [4.69, 9.17) is 30.5 Å². The number of esters is 1. The van der Waals surface area contributed by atoms with Crippen LogP contribution in [0.3, 0.4) is 0 Å². The standard InChI is InChI=1S/C20H20ClNO6/c1-25-15-4-5-16(18(9-15)26-2)22-19(23)11-28-20(24)13-7-12-8-14(21)3-6-17(12)27-10-13/h3-6,8-9,13H,7,10-11H2,1-2H3,(H,22,23). The second-order valence-corrected chi connectivity index (χ2v) is 6.62. The van der Waals surface area contributed by atoms with Crippen molar-refractivity contribution in [1.82, 2.24) is 0 Å². The van der Waals surface area contributed by atoms with Crippen LogP contribution in [-0.2, 0) is 20.7 Å². The van der Waals surface area contributed by atoms with Crippen molar-refractivity contribution in [3.8, 4) is 17.2 Å². The first-order valence-electron chi connectivity index (χ1n) is 8.60. The van der Waals surface area contributed by atoms with Crippen LogP contribution in [0.4, 0.5) is 5.69 Å². The van der Waals surface area contributed by atoms with Crippen LogP contribution in [0.2, 0.25) is 5.02 Å². The van der Waals surface area contributed by atoms with Gasteiger partial charge in [-0.05, 0) is 42.3 Å². The highest BCUT2D eigenvalue weighted by atomic mass is 35.5. The van der Waals surface area contributed by atoms with Crippen molar-refractivity contribution in [3.05, 3.63) is 47.0 Å². The molecule has 2 aromatic rings. The van der Waals surface area contributed by atoms with Crippen LogP contribution in [0.15, 0.2) is 36.4 Å². The quantitative estimate of drug-likeness (QED) is 0.743. The second-order valence-electron chi connectivity index (χ2n) is 6.19. The molecule has 0 spiro atoms. The molecule has 0 bridgehead atoms. The molecule has 28 heavy (non-hydrogen) atoms. The highest BCUT2D eigenvalue weighted by Crippen LogP contribution is 2.31. The first kappa shape index (κ1) is 19.8. The molecule has 1 atom stereocenters. The van der Waals surface area contributed by atoms with Gasteiger partial charge in [-0.25, -0.2) is 0 Å². The van der Waals surface area contributed by atoms with E-state index in [-0.39, 0.29) is 6.61 Å². The molecule has 1 aliphatic heterocycles. The van der Waals surface area contributed by atoms with Crippen molar-refractivity contribution in [1.29, 1.82) is 0 Å². The van der Waals surface area contributed by atoms with Crippen LogP contribution in [0.1, 0.15) is 5.56 Å². The molecule has 1 unspecified atom stereocenters. The van der Waals surface area contributed by atoms with E-state index in [9.17, 15) is 9.59 Å². The number of methoxy groups -OCH3 is 2. The molecular weight excluding hydrogens is 386 g/mol. The Morgan fingerprint density at radius 3 is 2.75 bits per heavy atom. The molecule has 0 aliphatic carbocycles. The number of halogens is 1. The third-order valence-electron chi connectivity index (χ3n) is 4.29. The summed E-state index contributed by atoms with van der Waals surface area (Å²) in [5, 5.41) is 3.22. The molecular formula is C20H20ClNO6. The van der Waals surface area contributed by atoms with Gasteiger partial charge in [0.25, 0.3) is 5.91 Å². The Morgan fingerprint density at radius 2 is 2.00 bits per heavy atom. The minimum Gasteiger partial charge on any atom is -0.497 e. The van der Waals surface area contributed by atoms with Gasteiger partial charge in [0.2, 0.25) is 0 Å². The maximum Gasteiger partial charge on any atom is 0.313 e. The van der Waals surface area contributed by atoms with E-state index in [0.29, 0.717) is 34.4 Å². The van der Waals surface area contributed by atoms with E-state index < -0.39 is 24.4 Å². The normalized spacial score (nSPS) is 15.0. The van der Waals surface area contributed by atoms with Crippen LogP contribution < -0.4 is 19.5 Å².